The number of fused-ring (bicyclic) bond motifs is 6. The molecule has 0 saturated carbocycles. The average molecular weight is 501 g/mol. The van der Waals surface area contributed by atoms with Crippen LogP contribution in [0, 0.1) is 34.3 Å². The zero-order chi connectivity index (χ0) is 26.7. The number of aromatic hydroxyl groups is 2. The lowest BCUT2D eigenvalue weighted by molar-refractivity contribution is 0.345. The summed E-state index contributed by atoms with van der Waals surface area (Å²) in [6.07, 6.45) is 1.40. The van der Waals surface area contributed by atoms with E-state index in [-0.39, 0.29) is 45.3 Å². The summed E-state index contributed by atoms with van der Waals surface area (Å²) in [6.45, 7) is 8.38. The molecule has 1 spiro atoms. The molecular weight excluding hydrogens is 478 g/mol. The number of halogens is 2. The highest BCUT2D eigenvalue weighted by Crippen LogP contribution is 2.65. The Balaban J connectivity index is 1.60. The van der Waals surface area contributed by atoms with Gasteiger partial charge in [0.25, 0.3) is 0 Å². The molecule has 1 atom stereocenters. The number of nitrogens with zero attached hydrogens (tertiary/aromatic N) is 2. The van der Waals surface area contributed by atoms with Crippen LogP contribution < -0.4 is 9.47 Å². The highest BCUT2D eigenvalue weighted by Gasteiger charge is 2.57. The molecule has 0 amide bonds. The Hall–Kier alpha value is -4.30. The van der Waals surface area contributed by atoms with Crippen molar-refractivity contribution < 1.29 is 28.5 Å². The molecule has 1 unspecified atom stereocenters. The van der Waals surface area contributed by atoms with Crippen LogP contribution in [0.15, 0.2) is 24.3 Å². The van der Waals surface area contributed by atoms with Gasteiger partial charge < -0.3 is 19.7 Å². The second-order valence-electron chi connectivity index (χ2n) is 11.4. The molecule has 6 rings (SSSR count). The summed E-state index contributed by atoms with van der Waals surface area (Å²) in [6, 6.07) is 10.1. The van der Waals surface area contributed by atoms with E-state index in [2.05, 4.69) is 27.7 Å². The molecule has 0 aromatic heterocycles. The van der Waals surface area contributed by atoms with Gasteiger partial charge in [-0.15, -0.1) is 0 Å². The highest BCUT2D eigenvalue weighted by molar-refractivity contribution is 5.70. The predicted molar refractivity (Wildman–Crippen MR) is 128 cm³/mol. The van der Waals surface area contributed by atoms with Gasteiger partial charge >= 0.3 is 0 Å². The van der Waals surface area contributed by atoms with Gasteiger partial charge in [0.2, 0.25) is 0 Å². The van der Waals surface area contributed by atoms with E-state index in [0.717, 1.165) is 22.3 Å². The Morgan fingerprint density at radius 3 is 1.54 bits per heavy atom. The van der Waals surface area contributed by atoms with E-state index < -0.39 is 28.2 Å². The summed E-state index contributed by atoms with van der Waals surface area (Å²) in [5.74, 6) is -3.53. The smallest absolute Gasteiger partial charge is 0.192 e. The van der Waals surface area contributed by atoms with Gasteiger partial charge in [0.15, 0.2) is 46.1 Å². The van der Waals surface area contributed by atoms with E-state index in [4.69, 9.17) is 9.47 Å². The third-order valence-corrected chi connectivity index (χ3v) is 8.12. The predicted octanol–water partition coefficient (Wildman–Crippen LogP) is 6.67. The Morgan fingerprint density at radius 2 is 1.08 bits per heavy atom. The van der Waals surface area contributed by atoms with Crippen molar-refractivity contribution in [2.24, 2.45) is 0 Å². The van der Waals surface area contributed by atoms with Crippen LogP contribution in [0.25, 0.3) is 0 Å². The summed E-state index contributed by atoms with van der Waals surface area (Å²) in [5, 5.41) is 39.6. The monoisotopic (exact) mass is 500 g/mol. The van der Waals surface area contributed by atoms with Gasteiger partial charge in [-0.25, -0.2) is 8.78 Å². The van der Waals surface area contributed by atoms with Crippen molar-refractivity contribution in [3.63, 3.8) is 0 Å². The highest BCUT2D eigenvalue weighted by atomic mass is 19.2. The fourth-order valence-electron chi connectivity index (χ4n) is 6.76. The molecule has 0 radical (unpaired) electrons. The number of benzene rings is 3. The second kappa shape index (κ2) is 6.92. The van der Waals surface area contributed by atoms with Crippen LogP contribution in [-0.2, 0) is 16.2 Å². The summed E-state index contributed by atoms with van der Waals surface area (Å²) in [4.78, 5) is 0. The number of hydrogen-bond donors (Lipinski definition) is 2. The van der Waals surface area contributed by atoms with Crippen LogP contribution >= 0.6 is 0 Å². The third kappa shape index (κ3) is 2.81. The lowest BCUT2D eigenvalue weighted by atomic mass is 9.72. The van der Waals surface area contributed by atoms with Crippen LogP contribution in [0.5, 0.6) is 34.5 Å². The molecule has 1 aliphatic heterocycles. The molecular formula is C29H22F2N2O4. The SMILES string of the molecule is CC1(C)CC2(CC(C)(C)c3cc4c(cc32)Oc2c(C#N)c(F)c(F)c(C#N)c2O4)c2cc(O)c(O)cc21. The lowest BCUT2D eigenvalue weighted by Crippen LogP contribution is -2.27. The molecule has 0 bridgehead atoms. The molecule has 0 saturated heterocycles. The summed E-state index contributed by atoms with van der Waals surface area (Å²) < 4.78 is 41.0. The number of phenolic OH excluding ortho intramolecular Hbond substituents is 2. The summed E-state index contributed by atoms with van der Waals surface area (Å²) in [7, 11) is 0. The summed E-state index contributed by atoms with van der Waals surface area (Å²) >= 11 is 0. The minimum Gasteiger partial charge on any atom is -0.504 e. The second-order valence-corrected chi connectivity index (χ2v) is 11.4. The molecule has 1 heterocycles. The van der Waals surface area contributed by atoms with Crippen molar-refractivity contribution in [1.82, 2.24) is 0 Å². The molecule has 2 aliphatic carbocycles. The van der Waals surface area contributed by atoms with Gasteiger partial charge in [0.05, 0.1) is 0 Å². The number of hydrogen-bond acceptors (Lipinski definition) is 6. The third-order valence-electron chi connectivity index (χ3n) is 8.12. The minimum atomic E-state index is -1.47. The largest absolute Gasteiger partial charge is 0.504 e. The first-order valence-electron chi connectivity index (χ1n) is 11.8. The van der Waals surface area contributed by atoms with Crippen molar-refractivity contribution in [2.75, 3.05) is 0 Å². The molecule has 37 heavy (non-hydrogen) atoms. The maximum atomic E-state index is 14.6. The van der Waals surface area contributed by atoms with Crippen LogP contribution in [0.3, 0.4) is 0 Å². The van der Waals surface area contributed by atoms with Gasteiger partial charge in [0, 0.05) is 5.41 Å². The van der Waals surface area contributed by atoms with E-state index in [9.17, 15) is 29.5 Å². The van der Waals surface area contributed by atoms with Gasteiger partial charge in [-0.1, -0.05) is 27.7 Å². The zero-order valence-electron chi connectivity index (χ0n) is 20.6. The van der Waals surface area contributed by atoms with Crippen LogP contribution in [-0.4, -0.2) is 10.2 Å². The topological polar surface area (TPSA) is 106 Å². The van der Waals surface area contributed by atoms with E-state index in [1.54, 1.807) is 36.4 Å². The normalized spacial score (nSPS) is 21.1. The number of ether oxygens (including phenoxy) is 2. The van der Waals surface area contributed by atoms with E-state index in [0.29, 0.717) is 12.8 Å². The minimum absolute atomic E-state index is 0.174. The first-order chi connectivity index (χ1) is 17.3. The maximum Gasteiger partial charge on any atom is 0.192 e. The van der Waals surface area contributed by atoms with E-state index in [1.165, 1.54) is 0 Å². The van der Waals surface area contributed by atoms with Crippen molar-refractivity contribution in [1.29, 1.82) is 10.5 Å². The molecule has 0 fully saturated rings. The molecule has 3 aromatic rings. The number of rotatable bonds is 0. The Morgan fingerprint density at radius 1 is 0.703 bits per heavy atom. The van der Waals surface area contributed by atoms with Gasteiger partial charge in [0.1, 0.15) is 23.3 Å². The van der Waals surface area contributed by atoms with Crippen LogP contribution in [0.2, 0.25) is 0 Å². The lowest BCUT2D eigenvalue weighted by Gasteiger charge is -2.31. The number of phenols is 2. The van der Waals surface area contributed by atoms with Gasteiger partial charge in [-0.05, 0) is 70.2 Å². The Labute approximate surface area is 211 Å². The van der Waals surface area contributed by atoms with E-state index >= 15 is 0 Å². The number of nitriles is 2. The average Bonchev–Trinajstić information content (AvgIpc) is 3.17. The Bertz CT molecular complexity index is 1660. The van der Waals surface area contributed by atoms with Crippen LogP contribution in [0.1, 0.15) is 73.9 Å². The van der Waals surface area contributed by atoms with E-state index in [1.807, 2.05) is 0 Å². The quantitative estimate of drug-likeness (QED) is 0.261. The fourth-order valence-corrected chi connectivity index (χ4v) is 6.76. The molecule has 8 heteroatoms. The molecule has 3 aliphatic rings. The van der Waals surface area contributed by atoms with Gasteiger partial charge in [-0.3, -0.25) is 0 Å². The molecule has 6 nitrogen and oxygen atoms in total. The first kappa shape index (κ1) is 23.1. The molecule has 186 valence electrons. The van der Waals surface area contributed by atoms with Crippen molar-refractivity contribution in [2.45, 2.75) is 56.8 Å². The summed E-state index contributed by atoms with van der Waals surface area (Å²) in [5.41, 5.74) is 1.21. The maximum absolute atomic E-state index is 14.6. The zero-order valence-corrected chi connectivity index (χ0v) is 20.6. The standard InChI is InChI=1S/C29H22F2N2O4/c1-27(2)11-29(17-6-20(35)19(34)5-15(17)27)12-28(3,4)16-7-21-22(8-18(16)29)37-26-14(10-33)24(31)23(30)13(9-32)25(26)36-21/h5-8,34-35H,11-12H2,1-4H3. The molecule has 2 N–H and O–H groups in total. The first-order valence-corrected chi connectivity index (χ1v) is 11.8. The van der Waals surface area contributed by atoms with Crippen LogP contribution in [0.4, 0.5) is 8.78 Å². The van der Waals surface area contributed by atoms with Crippen molar-refractivity contribution in [3.8, 4) is 46.6 Å². The van der Waals surface area contributed by atoms with Crippen molar-refractivity contribution >= 4 is 0 Å². The molecule has 3 aromatic carbocycles. The Kier molecular flexibility index (Phi) is 4.33. The van der Waals surface area contributed by atoms with Gasteiger partial charge in [-0.2, -0.15) is 10.5 Å². The fraction of sp³-hybridized carbons (Fsp3) is 0.310. The van der Waals surface area contributed by atoms with Crippen molar-refractivity contribution in [3.05, 3.63) is 69.3 Å².